The Bertz CT molecular complexity index is 1640. The lowest BCUT2D eigenvalue weighted by atomic mass is 9.93. The second kappa shape index (κ2) is 14.1. The van der Waals surface area contributed by atoms with Crippen LogP contribution in [0.25, 0.3) is 10.8 Å². The molecule has 9 heteroatoms. The Hall–Kier alpha value is -4.13. The first kappa shape index (κ1) is 33.2. The molecule has 2 aliphatic rings. The van der Waals surface area contributed by atoms with Crippen LogP contribution >= 0.6 is 0 Å². The molecule has 2 amide bonds. The summed E-state index contributed by atoms with van der Waals surface area (Å²) in [6.45, 7) is 13.9. The Balaban J connectivity index is 1.25. The fourth-order valence-corrected chi connectivity index (χ4v) is 5.91. The number of benzene rings is 3. The predicted molar refractivity (Wildman–Crippen MR) is 179 cm³/mol. The second-order valence-corrected chi connectivity index (χ2v) is 13.2. The molecule has 0 aliphatic carbocycles. The molecule has 0 aromatic heterocycles. The molecular formula is C37H45FN4O4. The molecule has 46 heavy (non-hydrogen) atoms. The van der Waals surface area contributed by atoms with Gasteiger partial charge in [0, 0.05) is 36.4 Å². The summed E-state index contributed by atoms with van der Waals surface area (Å²) in [6, 6.07) is 17.5. The van der Waals surface area contributed by atoms with Crippen LogP contribution in [0.5, 0.6) is 0 Å². The number of carbonyl (C=O) groups is 2. The smallest absolute Gasteiger partial charge is 0.410 e. The SMILES string of the molecule is CCON1CCC(C#Cc2ccc([C@@H](C)NC(=O)c3cc(NC4CN(C(=O)OC(C)(C)C)C4)ccc3C)c3ccccc23)C(F)C1. The molecule has 0 radical (unpaired) electrons. The summed E-state index contributed by atoms with van der Waals surface area (Å²) < 4.78 is 20.3. The maximum atomic E-state index is 14.8. The number of nitrogens with zero attached hydrogens (tertiary/aromatic N) is 2. The van der Waals surface area contributed by atoms with E-state index in [9.17, 15) is 14.0 Å². The van der Waals surface area contributed by atoms with Crippen molar-refractivity contribution in [3.8, 4) is 11.8 Å². The molecule has 2 saturated heterocycles. The van der Waals surface area contributed by atoms with Gasteiger partial charge >= 0.3 is 6.09 Å². The third-order valence-corrected chi connectivity index (χ3v) is 8.37. The quantitative estimate of drug-likeness (QED) is 0.286. The normalized spacial score (nSPS) is 19.5. The van der Waals surface area contributed by atoms with Crippen molar-refractivity contribution in [2.24, 2.45) is 5.92 Å². The molecular weight excluding hydrogens is 583 g/mol. The van der Waals surface area contributed by atoms with E-state index < -0.39 is 11.8 Å². The van der Waals surface area contributed by atoms with Gasteiger partial charge in [-0.15, -0.1) is 0 Å². The molecule has 0 bridgehead atoms. The van der Waals surface area contributed by atoms with E-state index in [2.05, 4.69) is 22.5 Å². The van der Waals surface area contributed by atoms with Gasteiger partial charge in [0.1, 0.15) is 11.8 Å². The van der Waals surface area contributed by atoms with E-state index in [1.165, 1.54) is 0 Å². The Kier molecular flexibility index (Phi) is 10.2. The van der Waals surface area contributed by atoms with Crippen LogP contribution in [0.15, 0.2) is 54.6 Å². The fourth-order valence-electron chi connectivity index (χ4n) is 5.91. The molecule has 244 valence electrons. The van der Waals surface area contributed by atoms with Crippen molar-refractivity contribution in [1.82, 2.24) is 15.3 Å². The average molecular weight is 629 g/mol. The number of fused-ring (bicyclic) bond motifs is 1. The number of rotatable bonds is 7. The number of hydroxylamine groups is 2. The summed E-state index contributed by atoms with van der Waals surface area (Å²) in [5.41, 5.74) is 3.57. The van der Waals surface area contributed by atoms with Gasteiger partial charge in [-0.05, 0) is 88.1 Å². The van der Waals surface area contributed by atoms with Crippen LogP contribution in [0.2, 0.25) is 0 Å². The van der Waals surface area contributed by atoms with Crippen LogP contribution in [0, 0.1) is 24.7 Å². The van der Waals surface area contributed by atoms with Crippen molar-refractivity contribution in [1.29, 1.82) is 0 Å². The maximum Gasteiger partial charge on any atom is 0.410 e. The molecule has 0 saturated carbocycles. The van der Waals surface area contributed by atoms with Crippen molar-refractivity contribution < 1.29 is 23.6 Å². The predicted octanol–water partition coefficient (Wildman–Crippen LogP) is 6.63. The van der Waals surface area contributed by atoms with Gasteiger partial charge in [0.05, 0.1) is 31.2 Å². The Morgan fingerprint density at radius 2 is 1.80 bits per heavy atom. The Labute approximate surface area is 271 Å². The van der Waals surface area contributed by atoms with Gasteiger partial charge in [0.15, 0.2) is 0 Å². The number of likely N-dealkylation sites (tertiary alicyclic amines) is 1. The molecule has 0 spiro atoms. The second-order valence-electron chi connectivity index (χ2n) is 13.2. The van der Waals surface area contributed by atoms with E-state index in [0.29, 0.717) is 38.2 Å². The highest BCUT2D eigenvalue weighted by Crippen LogP contribution is 2.29. The summed E-state index contributed by atoms with van der Waals surface area (Å²) in [5, 5.41) is 10.3. The number of hydrogen-bond acceptors (Lipinski definition) is 6. The number of nitrogens with one attached hydrogen (secondary N) is 2. The van der Waals surface area contributed by atoms with Crippen molar-refractivity contribution in [3.63, 3.8) is 0 Å². The number of piperidine rings is 1. The molecule has 2 unspecified atom stereocenters. The first-order chi connectivity index (χ1) is 21.9. The van der Waals surface area contributed by atoms with Crippen molar-refractivity contribution >= 4 is 28.5 Å². The van der Waals surface area contributed by atoms with E-state index >= 15 is 0 Å². The van der Waals surface area contributed by atoms with Gasteiger partial charge in [-0.3, -0.25) is 9.63 Å². The average Bonchev–Trinajstić information content (AvgIpc) is 2.98. The third kappa shape index (κ3) is 7.98. The minimum Gasteiger partial charge on any atom is -0.444 e. The van der Waals surface area contributed by atoms with Crippen LogP contribution in [-0.2, 0) is 9.57 Å². The Morgan fingerprint density at radius 3 is 2.50 bits per heavy atom. The number of amides is 2. The van der Waals surface area contributed by atoms with Crippen molar-refractivity contribution in [3.05, 3.63) is 76.9 Å². The standard InChI is InChI=1S/C37H45FN4O4/c1-7-45-42-19-18-27(34(38)23-42)14-13-26-15-17-30(32-11-9-8-10-31(26)32)25(3)39-35(43)33-20-28(16-12-24(33)2)40-29-21-41(22-29)36(44)46-37(4,5)6/h8-12,15-17,20,25,27,29,34,40H,7,18-19,21-23H2,1-6H3,(H,39,43)/t25-,27?,34?/m1/s1. The molecule has 2 N–H and O–H groups in total. The van der Waals surface area contributed by atoms with Gasteiger partial charge in [-0.2, -0.15) is 5.06 Å². The highest BCUT2D eigenvalue weighted by molar-refractivity contribution is 5.97. The largest absolute Gasteiger partial charge is 0.444 e. The number of alkyl halides is 1. The van der Waals surface area contributed by atoms with Crippen LogP contribution in [0.4, 0.5) is 14.9 Å². The maximum absolute atomic E-state index is 14.8. The van der Waals surface area contributed by atoms with Gasteiger partial charge in [-0.1, -0.05) is 48.2 Å². The van der Waals surface area contributed by atoms with Crippen molar-refractivity contribution in [2.75, 3.05) is 38.1 Å². The topological polar surface area (TPSA) is 83.1 Å². The molecule has 2 heterocycles. The minimum absolute atomic E-state index is 0.0803. The van der Waals surface area contributed by atoms with Gasteiger partial charge < -0.3 is 20.3 Å². The van der Waals surface area contributed by atoms with Crippen LogP contribution in [-0.4, -0.2) is 72.6 Å². The summed E-state index contributed by atoms with van der Waals surface area (Å²) in [6.07, 6.45) is -0.760. The summed E-state index contributed by atoms with van der Waals surface area (Å²) in [7, 11) is 0. The first-order valence-electron chi connectivity index (χ1n) is 16.1. The van der Waals surface area contributed by atoms with E-state index in [-0.39, 0.29) is 36.5 Å². The zero-order chi connectivity index (χ0) is 33.0. The van der Waals surface area contributed by atoms with E-state index in [0.717, 1.165) is 33.2 Å². The summed E-state index contributed by atoms with van der Waals surface area (Å²) >= 11 is 0. The van der Waals surface area contributed by atoms with Crippen LogP contribution < -0.4 is 10.6 Å². The van der Waals surface area contributed by atoms with Gasteiger partial charge in [0.2, 0.25) is 0 Å². The summed E-state index contributed by atoms with van der Waals surface area (Å²) in [4.78, 5) is 33.0. The molecule has 3 aromatic rings. The highest BCUT2D eigenvalue weighted by atomic mass is 19.1. The lowest BCUT2D eigenvalue weighted by molar-refractivity contribution is -0.180. The molecule has 3 aromatic carbocycles. The van der Waals surface area contributed by atoms with Gasteiger partial charge in [-0.25, -0.2) is 9.18 Å². The fraction of sp³-hybridized carbons (Fsp3) is 0.459. The monoisotopic (exact) mass is 628 g/mol. The zero-order valence-electron chi connectivity index (χ0n) is 27.7. The number of hydrogen-bond donors (Lipinski definition) is 2. The molecule has 2 fully saturated rings. The molecule has 8 nitrogen and oxygen atoms in total. The number of ether oxygens (including phenoxy) is 1. The third-order valence-electron chi connectivity index (χ3n) is 8.37. The lowest BCUT2D eigenvalue weighted by Crippen LogP contribution is -2.57. The summed E-state index contributed by atoms with van der Waals surface area (Å²) in [5.74, 6) is 5.93. The number of anilines is 1. The number of halogens is 1. The number of carbonyl (C=O) groups excluding carboxylic acids is 2. The zero-order valence-corrected chi connectivity index (χ0v) is 27.7. The first-order valence-corrected chi connectivity index (χ1v) is 16.1. The Morgan fingerprint density at radius 1 is 1.07 bits per heavy atom. The van der Waals surface area contributed by atoms with Gasteiger partial charge in [0.25, 0.3) is 5.91 Å². The molecule has 5 rings (SSSR count). The highest BCUT2D eigenvalue weighted by Gasteiger charge is 2.34. The van der Waals surface area contributed by atoms with E-state index in [1.807, 2.05) is 96.1 Å². The number of aryl methyl sites for hydroxylation is 1. The molecule has 2 aliphatic heterocycles. The van der Waals surface area contributed by atoms with Crippen LogP contribution in [0.3, 0.4) is 0 Å². The van der Waals surface area contributed by atoms with Crippen LogP contribution in [0.1, 0.15) is 74.1 Å². The lowest BCUT2D eigenvalue weighted by Gasteiger charge is -2.40. The molecule has 3 atom stereocenters. The minimum atomic E-state index is -1.06. The van der Waals surface area contributed by atoms with E-state index in [4.69, 9.17) is 9.57 Å². The van der Waals surface area contributed by atoms with E-state index in [1.54, 1.807) is 9.96 Å². The van der Waals surface area contributed by atoms with Crippen molar-refractivity contribution in [2.45, 2.75) is 71.8 Å².